The summed E-state index contributed by atoms with van der Waals surface area (Å²) in [7, 11) is 0. The molecular formula is C15H11NO6. The van der Waals surface area contributed by atoms with Gasteiger partial charge in [0.2, 0.25) is 0 Å². The molecule has 0 fully saturated rings. The van der Waals surface area contributed by atoms with E-state index < -0.39 is 17.8 Å². The summed E-state index contributed by atoms with van der Waals surface area (Å²) in [6.07, 6.45) is 0. The van der Waals surface area contributed by atoms with E-state index in [9.17, 15) is 19.5 Å². The molecule has 0 atom stereocenters. The maximum Gasteiger partial charge on any atom is 0.335 e. The van der Waals surface area contributed by atoms with E-state index in [2.05, 4.69) is 5.32 Å². The van der Waals surface area contributed by atoms with Crippen molar-refractivity contribution >= 4 is 23.5 Å². The minimum Gasteiger partial charge on any atom is -0.506 e. The first kappa shape index (κ1) is 15.0. The minimum atomic E-state index is -1.20. The fourth-order valence-electron chi connectivity index (χ4n) is 1.73. The number of amides is 1. The van der Waals surface area contributed by atoms with E-state index in [-0.39, 0.29) is 28.1 Å². The number of hydrogen-bond acceptors (Lipinski definition) is 4. The Morgan fingerprint density at radius 1 is 0.773 bits per heavy atom. The van der Waals surface area contributed by atoms with Crippen LogP contribution in [0, 0.1) is 0 Å². The average Bonchev–Trinajstić information content (AvgIpc) is 2.49. The Balaban J connectivity index is 2.18. The molecule has 0 spiro atoms. The summed E-state index contributed by atoms with van der Waals surface area (Å²) < 4.78 is 0. The molecule has 2 aromatic carbocycles. The van der Waals surface area contributed by atoms with Gasteiger partial charge in [-0.2, -0.15) is 0 Å². The monoisotopic (exact) mass is 301 g/mol. The van der Waals surface area contributed by atoms with Gasteiger partial charge in [-0.05, 0) is 42.5 Å². The Morgan fingerprint density at radius 2 is 1.27 bits per heavy atom. The molecule has 0 saturated heterocycles. The van der Waals surface area contributed by atoms with Crippen LogP contribution in [0.15, 0.2) is 42.5 Å². The van der Waals surface area contributed by atoms with Gasteiger partial charge in [0.25, 0.3) is 5.91 Å². The molecule has 7 nitrogen and oxygen atoms in total. The zero-order chi connectivity index (χ0) is 16.3. The molecule has 7 heteroatoms. The SMILES string of the molecule is O=C(O)c1ccc(C(=O)Nc2ccc(C(=O)O)cc2O)cc1. The second-order valence-corrected chi connectivity index (χ2v) is 4.37. The van der Waals surface area contributed by atoms with Crippen LogP contribution < -0.4 is 5.32 Å². The number of phenolic OH excluding ortho intramolecular Hbond substituents is 1. The Bertz CT molecular complexity index is 751. The number of hydrogen-bond donors (Lipinski definition) is 4. The van der Waals surface area contributed by atoms with Gasteiger partial charge in [0, 0.05) is 5.56 Å². The van der Waals surface area contributed by atoms with E-state index in [1.54, 1.807) is 0 Å². The largest absolute Gasteiger partial charge is 0.506 e. The number of aromatic hydroxyl groups is 1. The molecule has 22 heavy (non-hydrogen) atoms. The van der Waals surface area contributed by atoms with Crippen LogP contribution in [0.4, 0.5) is 5.69 Å². The number of rotatable bonds is 4. The normalized spacial score (nSPS) is 10.0. The molecule has 0 bridgehead atoms. The van der Waals surface area contributed by atoms with Crippen LogP contribution in [-0.2, 0) is 0 Å². The third kappa shape index (κ3) is 3.21. The molecule has 0 aliphatic rings. The average molecular weight is 301 g/mol. The summed E-state index contributed by atoms with van der Waals surface area (Å²) in [5, 5.41) is 29.7. The van der Waals surface area contributed by atoms with E-state index in [1.807, 2.05) is 0 Å². The summed E-state index contributed by atoms with van der Waals surface area (Å²) in [6.45, 7) is 0. The van der Waals surface area contributed by atoms with Gasteiger partial charge in [0.1, 0.15) is 5.75 Å². The number of phenols is 1. The first-order valence-corrected chi connectivity index (χ1v) is 6.09. The van der Waals surface area contributed by atoms with Crippen molar-refractivity contribution in [1.82, 2.24) is 0 Å². The second kappa shape index (κ2) is 5.96. The molecule has 0 saturated carbocycles. The van der Waals surface area contributed by atoms with Crippen LogP contribution in [0.25, 0.3) is 0 Å². The lowest BCUT2D eigenvalue weighted by Crippen LogP contribution is -2.12. The molecule has 1 amide bonds. The number of anilines is 1. The number of carbonyl (C=O) groups excluding carboxylic acids is 1. The van der Waals surface area contributed by atoms with E-state index in [0.29, 0.717) is 0 Å². The third-order valence-electron chi connectivity index (χ3n) is 2.89. The van der Waals surface area contributed by atoms with Crippen LogP contribution >= 0.6 is 0 Å². The molecular weight excluding hydrogens is 290 g/mol. The number of benzene rings is 2. The van der Waals surface area contributed by atoms with Gasteiger partial charge in [0.15, 0.2) is 0 Å². The van der Waals surface area contributed by atoms with Gasteiger partial charge in [-0.15, -0.1) is 0 Å². The number of nitrogens with one attached hydrogen (secondary N) is 1. The van der Waals surface area contributed by atoms with Crippen molar-refractivity contribution in [2.45, 2.75) is 0 Å². The first-order chi connectivity index (χ1) is 10.4. The number of carbonyl (C=O) groups is 3. The van der Waals surface area contributed by atoms with Crippen molar-refractivity contribution in [3.63, 3.8) is 0 Å². The zero-order valence-corrected chi connectivity index (χ0v) is 11.1. The van der Waals surface area contributed by atoms with E-state index in [1.165, 1.54) is 36.4 Å². The van der Waals surface area contributed by atoms with Crippen molar-refractivity contribution in [2.75, 3.05) is 5.32 Å². The summed E-state index contributed by atoms with van der Waals surface area (Å²) in [4.78, 5) is 33.5. The number of carboxylic acids is 2. The van der Waals surface area contributed by atoms with Crippen LogP contribution in [0.2, 0.25) is 0 Å². The summed E-state index contributed by atoms with van der Waals surface area (Å²) >= 11 is 0. The Hall–Kier alpha value is -3.35. The maximum absolute atomic E-state index is 12.0. The Labute approximate surface area is 124 Å². The van der Waals surface area contributed by atoms with E-state index in [0.717, 1.165) is 6.07 Å². The van der Waals surface area contributed by atoms with Crippen molar-refractivity contribution in [2.24, 2.45) is 0 Å². The fraction of sp³-hybridized carbons (Fsp3) is 0. The van der Waals surface area contributed by atoms with Gasteiger partial charge in [-0.1, -0.05) is 0 Å². The molecule has 0 unspecified atom stereocenters. The fourth-order valence-corrected chi connectivity index (χ4v) is 1.73. The molecule has 0 heterocycles. The third-order valence-corrected chi connectivity index (χ3v) is 2.89. The molecule has 112 valence electrons. The summed E-state index contributed by atoms with van der Waals surface area (Å²) in [6, 6.07) is 8.76. The lowest BCUT2D eigenvalue weighted by atomic mass is 10.1. The quantitative estimate of drug-likeness (QED) is 0.641. The van der Waals surface area contributed by atoms with Crippen molar-refractivity contribution < 1.29 is 29.7 Å². The van der Waals surface area contributed by atoms with Gasteiger partial charge >= 0.3 is 11.9 Å². The predicted octanol–water partition coefficient (Wildman–Crippen LogP) is 2.04. The van der Waals surface area contributed by atoms with Gasteiger partial charge in [-0.3, -0.25) is 4.79 Å². The van der Waals surface area contributed by atoms with E-state index in [4.69, 9.17) is 10.2 Å². The van der Waals surface area contributed by atoms with Crippen molar-refractivity contribution in [3.05, 3.63) is 59.2 Å². The number of carboxylic acid groups (broad SMARTS) is 2. The molecule has 2 aromatic rings. The molecule has 0 aliphatic carbocycles. The lowest BCUT2D eigenvalue weighted by Gasteiger charge is -2.08. The highest BCUT2D eigenvalue weighted by atomic mass is 16.4. The highest BCUT2D eigenvalue weighted by Crippen LogP contribution is 2.25. The molecule has 0 aromatic heterocycles. The second-order valence-electron chi connectivity index (χ2n) is 4.37. The van der Waals surface area contributed by atoms with Gasteiger partial charge in [0.05, 0.1) is 16.8 Å². The first-order valence-electron chi connectivity index (χ1n) is 6.09. The summed E-state index contributed by atoms with van der Waals surface area (Å²) in [5.41, 5.74) is 0.190. The summed E-state index contributed by atoms with van der Waals surface area (Å²) in [5.74, 6) is -3.24. The minimum absolute atomic E-state index is 0.0465. The smallest absolute Gasteiger partial charge is 0.335 e. The lowest BCUT2D eigenvalue weighted by molar-refractivity contribution is 0.0686. The molecule has 0 radical (unpaired) electrons. The van der Waals surface area contributed by atoms with Gasteiger partial charge < -0.3 is 20.6 Å². The van der Waals surface area contributed by atoms with Crippen LogP contribution in [-0.4, -0.2) is 33.2 Å². The highest BCUT2D eigenvalue weighted by molar-refractivity contribution is 6.05. The van der Waals surface area contributed by atoms with E-state index >= 15 is 0 Å². The Kier molecular flexibility index (Phi) is 4.08. The van der Waals surface area contributed by atoms with Crippen molar-refractivity contribution in [3.8, 4) is 5.75 Å². The van der Waals surface area contributed by atoms with Crippen molar-refractivity contribution in [1.29, 1.82) is 0 Å². The number of aromatic carboxylic acids is 2. The standard InChI is InChI=1S/C15H11NO6/c17-12-7-10(15(21)22)5-6-11(12)16-13(18)8-1-3-9(4-2-8)14(19)20/h1-7,17H,(H,16,18)(H,19,20)(H,21,22). The topological polar surface area (TPSA) is 124 Å². The van der Waals surface area contributed by atoms with Gasteiger partial charge in [-0.25, -0.2) is 9.59 Å². The van der Waals surface area contributed by atoms with Crippen LogP contribution in [0.3, 0.4) is 0 Å². The molecule has 4 N–H and O–H groups in total. The van der Waals surface area contributed by atoms with Crippen LogP contribution in [0.5, 0.6) is 5.75 Å². The zero-order valence-electron chi connectivity index (χ0n) is 11.1. The molecule has 2 rings (SSSR count). The van der Waals surface area contributed by atoms with Crippen LogP contribution in [0.1, 0.15) is 31.1 Å². The highest BCUT2D eigenvalue weighted by Gasteiger charge is 2.12. The maximum atomic E-state index is 12.0. The molecule has 0 aliphatic heterocycles. The Morgan fingerprint density at radius 3 is 1.77 bits per heavy atom. The predicted molar refractivity (Wildman–Crippen MR) is 76.4 cm³/mol.